The molecule has 0 saturated heterocycles. The van der Waals surface area contributed by atoms with Crippen molar-refractivity contribution in [2.45, 2.75) is 11.5 Å². The van der Waals surface area contributed by atoms with E-state index in [1.165, 1.54) is 11.1 Å². The first kappa shape index (κ1) is 19.0. The van der Waals surface area contributed by atoms with Gasteiger partial charge in [0.1, 0.15) is 0 Å². The van der Waals surface area contributed by atoms with Crippen LogP contribution in [0, 0.1) is 0 Å². The van der Waals surface area contributed by atoms with Crippen LogP contribution in [-0.2, 0) is 16.2 Å². The van der Waals surface area contributed by atoms with Gasteiger partial charge in [-0.3, -0.25) is 0 Å². The fourth-order valence-corrected chi connectivity index (χ4v) is 3.75. The van der Waals surface area contributed by atoms with E-state index in [9.17, 15) is 0 Å². The second kappa shape index (κ2) is 11.3. The molecule has 0 unspecified atom stereocenters. The van der Waals surface area contributed by atoms with E-state index in [0.717, 1.165) is 46.3 Å². The number of hydrogen-bond acceptors (Lipinski definition) is 3. The number of benzene rings is 2. The Balaban J connectivity index is 1.43. The van der Waals surface area contributed by atoms with Crippen molar-refractivity contribution in [1.29, 1.82) is 0 Å². The first-order chi connectivity index (χ1) is 11.2. The maximum atomic E-state index is 5.87. The lowest BCUT2D eigenvalue weighted by Gasteiger charge is -2.05. The number of thioether (sulfide) groups is 2. The monoisotopic (exact) mass is 386 g/mol. The molecule has 0 N–H and O–H groups in total. The number of ether oxygens (including phenoxy) is 1. The van der Waals surface area contributed by atoms with Gasteiger partial charge >= 0.3 is 0 Å². The number of halogens is 2. The molecular weight excluding hydrogens is 367 g/mol. The molecule has 0 amide bonds. The maximum Gasteiger partial charge on any atom is 0.0557 e. The van der Waals surface area contributed by atoms with Crippen molar-refractivity contribution in [3.05, 3.63) is 69.7 Å². The predicted octanol–water partition coefficient (Wildman–Crippen LogP) is 6.18. The standard InChI is InChI=1S/C18H20Cl2OS2/c19-17-5-1-15(2-6-17)13-22-11-9-21-10-12-23-14-16-3-7-18(20)8-4-16/h1-8H,9-14H2. The highest BCUT2D eigenvalue weighted by Crippen LogP contribution is 2.16. The van der Waals surface area contributed by atoms with Gasteiger partial charge < -0.3 is 4.74 Å². The van der Waals surface area contributed by atoms with Crippen LogP contribution < -0.4 is 0 Å². The Bertz CT molecular complexity index is 507. The van der Waals surface area contributed by atoms with E-state index in [1.807, 2.05) is 47.8 Å². The van der Waals surface area contributed by atoms with E-state index >= 15 is 0 Å². The molecule has 0 radical (unpaired) electrons. The summed E-state index contributed by atoms with van der Waals surface area (Å²) in [7, 11) is 0. The Hall–Kier alpha value is -0.320. The van der Waals surface area contributed by atoms with Gasteiger partial charge in [0.15, 0.2) is 0 Å². The summed E-state index contributed by atoms with van der Waals surface area (Å²) in [6, 6.07) is 16.0. The van der Waals surface area contributed by atoms with Crippen LogP contribution in [0.1, 0.15) is 11.1 Å². The van der Waals surface area contributed by atoms with E-state index in [4.69, 9.17) is 27.9 Å². The molecular formula is C18H20Cl2OS2. The molecule has 0 bridgehead atoms. The van der Waals surface area contributed by atoms with Gasteiger partial charge in [0.2, 0.25) is 0 Å². The first-order valence-corrected chi connectivity index (χ1v) is 10.5. The summed E-state index contributed by atoms with van der Waals surface area (Å²) < 4.78 is 5.66. The normalized spacial score (nSPS) is 10.9. The van der Waals surface area contributed by atoms with E-state index in [1.54, 1.807) is 0 Å². The molecule has 1 nitrogen and oxygen atoms in total. The second-order valence-corrected chi connectivity index (χ2v) is 8.05. The van der Waals surface area contributed by atoms with E-state index in [-0.39, 0.29) is 0 Å². The van der Waals surface area contributed by atoms with Crippen molar-refractivity contribution >= 4 is 46.7 Å². The summed E-state index contributed by atoms with van der Waals surface area (Å²) in [5.41, 5.74) is 2.61. The zero-order valence-corrected chi connectivity index (χ0v) is 16.0. The molecule has 23 heavy (non-hydrogen) atoms. The Morgan fingerprint density at radius 3 is 1.43 bits per heavy atom. The summed E-state index contributed by atoms with van der Waals surface area (Å²) in [5.74, 6) is 4.05. The SMILES string of the molecule is Clc1ccc(CSCCOCCSCc2ccc(Cl)cc2)cc1. The molecule has 0 spiro atoms. The largest absolute Gasteiger partial charge is 0.380 e. The second-order valence-electron chi connectivity index (χ2n) is 4.97. The highest BCUT2D eigenvalue weighted by atomic mass is 35.5. The highest BCUT2D eigenvalue weighted by molar-refractivity contribution is 7.98. The molecule has 2 aromatic carbocycles. The van der Waals surface area contributed by atoms with Gasteiger partial charge in [-0.1, -0.05) is 47.5 Å². The molecule has 5 heteroatoms. The molecule has 0 fully saturated rings. The Labute approximate surface area is 157 Å². The molecule has 0 aliphatic heterocycles. The maximum absolute atomic E-state index is 5.87. The van der Waals surface area contributed by atoms with Crippen LogP contribution >= 0.6 is 46.7 Å². The van der Waals surface area contributed by atoms with Gasteiger partial charge in [-0.25, -0.2) is 0 Å². The van der Waals surface area contributed by atoms with Gasteiger partial charge in [0.25, 0.3) is 0 Å². The predicted molar refractivity (Wildman–Crippen MR) is 106 cm³/mol. The minimum Gasteiger partial charge on any atom is -0.380 e. The van der Waals surface area contributed by atoms with Gasteiger partial charge in [0.05, 0.1) is 13.2 Å². The van der Waals surface area contributed by atoms with Crippen LogP contribution in [0.15, 0.2) is 48.5 Å². The number of hydrogen-bond donors (Lipinski definition) is 0. The van der Waals surface area contributed by atoms with Gasteiger partial charge in [-0.05, 0) is 35.4 Å². The minimum absolute atomic E-state index is 0.790. The molecule has 0 atom stereocenters. The molecule has 2 aromatic rings. The third-order valence-corrected chi connectivity index (χ3v) is 5.60. The van der Waals surface area contributed by atoms with Crippen molar-refractivity contribution in [2.75, 3.05) is 24.7 Å². The average molecular weight is 387 g/mol. The van der Waals surface area contributed by atoms with Crippen LogP contribution in [0.25, 0.3) is 0 Å². The molecule has 124 valence electrons. The highest BCUT2D eigenvalue weighted by Gasteiger charge is 1.97. The number of rotatable bonds is 10. The van der Waals surface area contributed by atoms with Crippen molar-refractivity contribution in [2.24, 2.45) is 0 Å². The zero-order chi connectivity index (χ0) is 16.3. The Morgan fingerprint density at radius 2 is 1.04 bits per heavy atom. The third kappa shape index (κ3) is 8.37. The van der Waals surface area contributed by atoms with Gasteiger partial charge in [-0.2, -0.15) is 23.5 Å². The fraction of sp³-hybridized carbons (Fsp3) is 0.333. The minimum atomic E-state index is 0.790. The molecule has 2 rings (SSSR count). The Kier molecular flexibility index (Phi) is 9.32. The van der Waals surface area contributed by atoms with Crippen LogP contribution in [-0.4, -0.2) is 24.7 Å². The van der Waals surface area contributed by atoms with Crippen LogP contribution in [0.4, 0.5) is 0 Å². The van der Waals surface area contributed by atoms with E-state index in [0.29, 0.717) is 0 Å². The third-order valence-electron chi connectivity index (χ3n) is 3.11. The van der Waals surface area contributed by atoms with Crippen LogP contribution in [0.3, 0.4) is 0 Å². The summed E-state index contributed by atoms with van der Waals surface area (Å²) >= 11 is 15.5. The van der Waals surface area contributed by atoms with Gasteiger partial charge in [0, 0.05) is 33.1 Å². The van der Waals surface area contributed by atoms with Crippen molar-refractivity contribution in [3.63, 3.8) is 0 Å². The van der Waals surface area contributed by atoms with Crippen molar-refractivity contribution < 1.29 is 4.74 Å². The van der Waals surface area contributed by atoms with Crippen LogP contribution in [0.5, 0.6) is 0 Å². The lowest BCUT2D eigenvalue weighted by Crippen LogP contribution is -2.01. The zero-order valence-electron chi connectivity index (χ0n) is 12.8. The lowest BCUT2D eigenvalue weighted by molar-refractivity contribution is 0.167. The van der Waals surface area contributed by atoms with Crippen molar-refractivity contribution in [1.82, 2.24) is 0 Å². The summed E-state index contributed by atoms with van der Waals surface area (Å²) in [5, 5.41) is 1.58. The quantitative estimate of drug-likeness (QED) is 0.451. The molecule has 0 saturated carbocycles. The fourth-order valence-electron chi connectivity index (χ4n) is 1.88. The first-order valence-electron chi connectivity index (χ1n) is 7.46. The van der Waals surface area contributed by atoms with Crippen LogP contribution in [0.2, 0.25) is 10.0 Å². The molecule has 0 heterocycles. The molecule has 0 aliphatic carbocycles. The van der Waals surface area contributed by atoms with E-state index in [2.05, 4.69) is 24.3 Å². The Morgan fingerprint density at radius 1 is 0.652 bits per heavy atom. The lowest BCUT2D eigenvalue weighted by atomic mass is 10.2. The summed E-state index contributed by atoms with van der Waals surface area (Å²) in [6.07, 6.45) is 0. The summed E-state index contributed by atoms with van der Waals surface area (Å²) in [6.45, 7) is 1.61. The molecule has 0 aromatic heterocycles. The van der Waals surface area contributed by atoms with Gasteiger partial charge in [-0.15, -0.1) is 0 Å². The topological polar surface area (TPSA) is 9.23 Å². The average Bonchev–Trinajstić information content (AvgIpc) is 2.56. The van der Waals surface area contributed by atoms with E-state index < -0.39 is 0 Å². The molecule has 0 aliphatic rings. The summed E-state index contributed by atoms with van der Waals surface area (Å²) in [4.78, 5) is 0. The van der Waals surface area contributed by atoms with Crippen molar-refractivity contribution in [3.8, 4) is 0 Å². The smallest absolute Gasteiger partial charge is 0.0557 e.